The zero-order chi connectivity index (χ0) is 31.0. The monoisotopic (exact) mass is 616 g/mol. The number of benzene rings is 2. The Labute approximate surface area is 253 Å². The molecule has 4 heterocycles. The summed E-state index contributed by atoms with van der Waals surface area (Å²) in [5.74, 6) is -2.29. The van der Waals surface area contributed by atoms with Gasteiger partial charge in [-0.05, 0) is 30.2 Å². The molecular formula is C31H38F2N4O7. The van der Waals surface area contributed by atoms with Gasteiger partial charge in [-0.1, -0.05) is 24.3 Å². The number of phenolic OH excluding ortho intramolecular Hbond substituents is 1. The number of amides is 2. The Kier molecular flexibility index (Phi) is 9.13. The molecule has 11 nitrogen and oxygen atoms in total. The van der Waals surface area contributed by atoms with E-state index >= 15 is 0 Å². The fourth-order valence-electron chi connectivity index (χ4n) is 6.80. The average Bonchev–Trinajstić information content (AvgIpc) is 3.50. The van der Waals surface area contributed by atoms with E-state index in [1.165, 1.54) is 6.07 Å². The second-order valence-electron chi connectivity index (χ2n) is 12.2. The fourth-order valence-corrected chi connectivity index (χ4v) is 6.80. The molecule has 2 aromatic rings. The highest BCUT2D eigenvalue weighted by Gasteiger charge is 2.46. The molecule has 0 radical (unpaired) electrons. The number of rotatable bonds is 4. The van der Waals surface area contributed by atoms with Crippen LogP contribution in [0.5, 0.6) is 5.75 Å². The number of hydrogen-bond acceptors (Lipinski definition) is 9. The standard InChI is InChI=1S/C31H38F2N4O7/c32-22-6-5-18(9-23(22)33)12-35-15-21-16-36(7-8-43-21)31(42)24-10-20(14-37(24)13-19-3-1-2-4-25(19)38)34-28(39)11-26-29(40)30(41)27(17-35)44-26/h1-6,9,20-21,24,26-27,29-30,38,40-41H,7-8,10-17H2,(H,34,39)/t20-,21+,24-,26-,27+,29-,30+/m0/s1. The number of morpholine rings is 1. The lowest BCUT2D eigenvalue weighted by molar-refractivity contribution is -0.145. The van der Waals surface area contributed by atoms with Gasteiger partial charge in [0.2, 0.25) is 11.8 Å². The van der Waals surface area contributed by atoms with E-state index in [0.717, 1.165) is 12.1 Å². The summed E-state index contributed by atoms with van der Waals surface area (Å²) in [7, 11) is 0. The van der Waals surface area contributed by atoms with Gasteiger partial charge < -0.3 is 35.0 Å². The largest absolute Gasteiger partial charge is 0.508 e. The zero-order valence-electron chi connectivity index (χ0n) is 24.2. The molecule has 4 fully saturated rings. The van der Waals surface area contributed by atoms with Crippen molar-refractivity contribution in [3.05, 3.63) is 65.2 Å². The molecule has 238 valence electrons. The number of phenols is 1. The number of carbonyl (C=O) groups excluding carboxylic acids is 2. The number of nitrogens with one attached hydrogen (secondary N) is 1. The normalized spacial score (nSPS) is 32.2. The first-order chi connectivity index (χ1) is 21.1. The van der Waals surface area contributed by atoms with E-state index in [0.29, 0.717) is 43.8 Å². The molecule has 2 aromatic carbocycles. The summed E-state index contributed by atoms with van der Waals surface area (Å²) in [5.41, 5.74) is 1.15. The van der Waals surface area contributed by atoms with Crippen LogP contribution in [0.25, 0.3) is 0 Å². The SMILES string of the molecule is O=C1C[C@@H]2O[C@H](CN(Cc3ccc(F)c(F)c3)C[C@@H]3CN(CCO3)C(=O)[C@@H]3C[C@@H](CN3Cc3ccccc3O)N1)[C@@H](O)[C@H]2O. The second-order valence-corrected chi connectivity index (χ2v) is 12.2. The minimum Gasteiger partial charge on any atom is -0.508 e. The van der Waals surface area contributed by atoms with Crippen LogP contribution in [-0.4, -0.2) is 124 Å². The van der Waals surface area contributed by atoms with Crippen LogP contribution in [0.2, 0.25) is 0 Å². The van der Waals surface area contributed by atoms with Crippen LogP contribution in [0.4, 0.5) is 8.78 Å². The van der Waals surface area contributed by atoms with Gasteiger partial charge in [0, 0.05) is 57.4 Å². The Morgan fingerprint density at radius 2 is 1.73 bits per heavy atom. The summed E-state index contributed by atoms with van der Waals surface area (Å²) >= 11 is 0. The van der Waals surface area contributed by atoms with E-state index in [-0.39, 0.29) is 56.2 Å². The molecule has 4 aliphatic heterocycles. The number of aromatic hydroxyl groups is 1. The number of fused-ring (bicyclic) bond motifs is 6. The van der Waals surface area contributed by atoms with Crippen LogP contribution in [-0.2, 0) is 32.2 Å². The van der Waals surface area contributed by atoms with Crippen LogP contribution in [0, 0.1) is 11.6 Å². The van der Waals surface area contributed by atoms with Crippen LogP contribution in [0.15, 0.2) is 42.5 Å². The number of carbonyl (C=O) groups is 2. The van der Waals surface area contributed by atoms with Crippen LogP contribution in [0.1, 0.15) is 24.0 Å². The number of likely N-dealkylation sites (tertiary alicyclic amines) is 1. The number of hydrogen-bond donors (Lipinski definition) is 4. The molecule has 6 bridgehead atoms. The molecule has 7 atom stereocenters. The van der Waals surface area contributed by atoms with E-state index in [1.54, 1.807) is 23.1 Å². The lowest BCUT2D eigenvalue weighted by atomic mass is 10.0. The van der Waals surface area contributed by atoms with Crippen LogP contribution in [0.3, 0.4) is 0 Å². The maximum atomic E-state index is 14.0. The smallest absolute Gasteiger partial charge is 0.240 e. The molecule has 4 aliphatic rings. The summed E-state index contributed by atoms with van der Waals surface area (Å²) in [4.78, 5) is 32.7. The summed E-state index contributed by atoms with van der Waals surface area (Å²) < 4.78 is 39.7. The lowest BCUT2D eigenvalue weighted by Crippen LogP contribution is -2.54. The van der Waals surface area contributed by atoms with E-state index in [1.807, 2.05) is 15.9 Å². The first-order valence-corrected chi connectivity index (χ1v) is 15.0. The van der Waals surface area contributed by atoms with Gasteiger partial charge in [-0.15, -0.1) is 0 Å². The molecule has 0 unspecified atom stereocenters. The molecule has 4 saturated heterocycles. The third kappa shape index (κ3) is 6.72. The number of nitrogens with zero attached hydrogens (tertiary/aromatic N) is 3. The van der Waals surface area contributed by atoms with Crippen molar-refractivity contribution in [2.45, 2.75) is 68.5 Å². The van der Waals surface area contributed by atoms with E-state index in [4.69, 9.17) is 9.47 Å². The topological polar surface area (TPSA) is 135 Å². The van der Waals surface area contributed by atoms with Crippen molar-refractivity contribution < 1.29 is 43.2 Å². The third-order valence-electron chi connectivity index (χ3n) is 9.01. The Morgan fingerprint density at radius 3 is 2.52 bits per heavy atom. The summed E-state index contributed by atoms with van der Waals surface area (Å²) in [6.07, 6.45) is -4.63. The Bertz CT molecular complexity index is 1370. The highest BCUT2D eigenvalue weighted by atomic mass is 19.2. The molecular weight excluding hydrogens is 578 g/mol. The summed E-state index contributed by atoms with van der Waals surface area (Å²) in [6, 6.07) is 9.66. The number of para-hydroxylation sites is 1. The van der Waals surface area contributed by atoms with Crippen molar-refractivity contribution in [3.8, 4) is 5.75 Å². The second kappa shape index (κ2) is 13.0. The third-order valence-corrected chi connectivity index (χ3v) is 9.01. The average molecular weight is 617 g/mol. The van der Waals surface area contributed by atoms with Crippen molar-refractivity contribution >= 4 is 11.8 Å². The fraction of sp³-hybridized carbons (Fsp3) is 0.548. The predicted molar refractivity (Wildman–Crippen MR) is 152 cm³/mol. The molecule has 0 saturated carbocycles. The maximum absolute atomic E-state index is 14.0. The minimum atomic E-state index is -1.30. The molecule has 4 N–H and O–H groups in total. The molecule has 13 heteroatoms. The van der Waals surface area contributed by atoms with Gasteiger partial charge in [0.15, 0.2) is 11.6 Å². The minimum absolute atomic E-state index is 0.0982. The van der Waals surface area contributed by atoms with Gasteiger partial charge in [0.1, 0.15) is 18.0 Å². The summed E-state index contributed by atoms with van der Waals surface area (Å²) in [5, 5.41) is 35.0. The number of ether oxygens (including phenoxy) is 2. The Morgan fingerprint density at radius 1 is 0.932 bits per heavy atom. The molecule has 0 spiro atoms. The van der Waals surface area contributed by atoms with Crippen LogP contribution >= 0.6 is 0 Å². The highest BCUT2D eigenvalue weighted by Crippen LogP contribution is 2.29. The van der Waals surface area contributed by atoms with Crippen molar-refractivity contribution in [2.24, 2.45) is 0 Å². The molecule has 44 heavy (non-hydrogen) atoms. The molecule has 0 aliphatic carbocycles. The molecule has 2 amide bonds. The first-order valence-electron chi connectivity index (χ1n) is 15.0. The van der Waals surface area contributed by atoms with Gasteiger partial charge >= 0.3 is 0 Å². The van der Waals surface area contributed by atoms with E-state index < -0.39 is 48.2 Å². The van der Waals surface area contributed by atoms with Gasteiger partial charge in [0.05, 0.1) is 37.4 Å². The molecule has 0 aromatic heterocycles. The number of aliphatic hydroxyl groups is 2. The van der Waals surface area contributed by atoms with Crippen molar-refractivity contribution in [3.63, 3.8) is 0 Å². The van der Waals surface area contributed by atoms with E-state index in [9.17, 15) is 33.7 Å². The number of aliphatic hydroxyl groups excluding tert-OH is 2. The predicted octanol–water partition coefficient (Wildman–Crippen LogP) is 0.352. The summed E-state index contributed by atoms with van der Waals surface area (Å²) in [6.45, 7) is 2.21. The van der Waals surface area contributed by atoms with Crippen molar-refractivity contribution in [1.82, 2.24) is 20.0 Å². The van der Waals surface area contributed by atoms with Crippen molar-refractivity contribution in [2.75, 3.05) is 39.3 Å². The maximum Gasteiger partial charge on any atom is 0.240 e. The van der Waals surface area contributed by atoms with Crippen LogP contribution < -0.4 is 5.32 Å². The van der Waals surface area contributed by atoms with E-state index in [2.05, 4.69) is 5.32 Å². The highest BCUT2D eigenvalue weighted by molar-refractivity contribution is 5.83. The van der Waals surface area contributed by atoms with Gasteiger partial charge in [-0.2, -0.15) is 0 Å². The first kappa shape index (κ1) is 30.8. The quantitative estimate of drug-likeness (QED) is 0.384. The Balaban J connectivity index is 1.27. The zero-order valence-corrected chi connectivity index (χ0v) is 24.2. The van der Waals surface area contributed by atoms with Gasteiger partial charge in [-0.25, -0.2) is 8.78 Å². The Hall–Kier alpha value is -3.20. The lowest BCUT2D eigenvalue weighted by Gasteiger charge is -2.38. The van der Waals surface area contributed by atoms with Gasteiger partial charge in [0.25, 0.3) is 0 Å². The van der Waals surface area contributed by atoms with Gasteiger partial charge in [-0.3, -0.25) is 19.4 Å². The molecule has 6 rings (SSSR count). The number of halogens is 2. The van der Waals surface area contributed by atoms with Crippen molar-refractivity contribution in [1.29, 1.82) is 0 Å².